The Morgan fingerprint density at radius 3 is 2.31 bits per heavy atom. The third-order valence-corrected chi connectivity index (χ3v) is 6.16. The number of nitrogens with zero attached hydrogens (tertiary/aromatic N) is 2. The number of rotatable bonds is 5. The van der Waals surface area contributed by atoms with Crippen molar-refractivity contribution in [2.45, 2.75) is 64.5 Å². The van der Waals surface area contributed by atoms with Crippen LogP contribution in [0.25, 0.3) is 0 Å². The lowest BCUT2D eigenvalue weighted by Gasteiger charge is -2.36. The number of aryl methyl sites for hydroxylation is 1. The number of hydrogen-bond acceptors (Lipinski definition) is 3. The fourth-order valence-corrected chi connectivity index (χ4v) is 4.10. The van der Waals surface area contributed by atoms with E-state index in [1.54, 1.807) is 0 Å². The summed E-state index contributed by atoms with van der Waals surface area (Å²) in [6.45, 7) is 6.30. The van der Waals surface area contributed by atoms with Crippen molar-refractivity contribution in [3.8, 4) is 6.07 Å². The first kappa shape index (κ1) is 20.9. The fraction of sp³-hybridized carbons (Fsp3) is 0.440. The van der Waals surface area contributed by atoms with Gasteiger partial charge in [-0.05, 0) is 80.0 Å². The van der Waals surface area contributed by atoms with Gasteiger partial charge in [-0.25, -0.2) is 0 Å². The minimum Gasteiger partial charge on any atom is -0.372 e. The molecule has 1 N–H and O–H groups in total. The first-order chi connectivity index (χ1) is 13.9. The highest BCUT2D eigenvalue weighted by atomic mass is 16.1. The van der Waals surface area contributed by atoms with E-state index in [1.807, 2.05) is 43.3 Å². The van der Waals surface area contributed by atoms with E-state index in [-0.39, 0.29) is 11.9 Å². The zero-order valence-corrected chi connectivity index (χ0v) is 17.9. The molecule has 0 radical (unpaired) electrons. The van der Waals surface area contributed by atoms with Gasteiger partial charge in [-0.15, -0.1) is 0 Å². The van der Waals surface area contributed by atoms with Crippen LogP contribution in [0.5, 0.6) is 0 Å². The number of carbonyl (C=O) groups excluding carboxylic acids is 1. The molecule has 3 rings (SSSR count). The molecule has 1 amide bonds. The van der Waals surface area contributed by atoms with Gasteiger partial charge in [-0.2, -0.15) is 5.26 Å². The molecule has 1 aliphatic rings. The van der Waals surface area contributed by atoms with E-state index in [0.717, 1.165) is 48.1 Å². The summed E-state index contributed by atoms with van der Waals surface area (Å²) >= 11 is 0. The molecule has 1 aliphatic carbocycles. The molecule has 2 aromatic carbocycles. The smallest absolute Gasteiger partial charge is 0.251 e. The molecule has 1 saturated carbocycles. The Kier molecular flexibility index (Phi) is 6.59. The molecular weight excluding hydrogens is 358 g/mol. The molecule has 152 valence electrons. The van der Waals surface area contributed by atoms with E-state index in [0.29, 0.717) is 12.0 Å². The van der Waals surface area contributed by atoms with Crippen molar-refractivity contribution < 1.29 is 4.79 Å². The second kappa shape index (κ2) is 9.13. The van der Waals surface area contributed by atoms with Crippen molar-refractivity contribution in [2.75, 3.05) is 11.9 Å². The number of hydrogen-bond donors (Lipinski definition) is 1. The van der Waals surface area contributed by atoms with Gasteiger partial charge in [0.1, 0.15) is 0 Å². The molecule has 0 saturated heterocycles. The van der Waals surface area contributed by atoms with E-state index < -0.39 is 0 Å². The Balaban J connectivity index is 1.54. The largest absolute Gasteiger partial charge is 0.372 e. The van der Waals surface area contributed by atoms with Crippen molar-refractivity contribution in [3.63, 3.8) is 0 Å². The van der Waals surface area contributed by atoms with E-state index in [2.05, 4.69) is 43.2 Å². The number of benzene rings is 2. The summed E-state index contributed by atoms with van der Waals surface area (Å²) in [4.78, 5) is 14.9. The zero-order valence-electron chi connectivity index (χ0n) is 17.9. The Bertz CT molecular complexity index is 887. The normalized spacial score (nSPS) is 18.9. The Hall–Kier alpha value is -2.80. The SMILES string of the molecule is Cc1cc(N(C)C2CCC(NC(=O)c3ccc(C(C)C)cc3)CC2)ccc1C#N. The number of nitriles is 1. The molecule has 29 heavy (non-hydrogen) atoms. The molecule has 0 aliphatic heterocycles. The number of nitrogens with one attached hydrogen (secondary N) is 1. The van der Waals surface area contributed by atoms with E-state index in [1.165, 1.54) is 5.56 Å². The van der Waals surface area contributed by atoms with Crippen LogP contribution < -0.4 is 10.2 Å². The predicted octanol–water partition coefficient (Wildman–Crippen LogP) is 5.17. The molecule has 2 aromatic rings. The highest BCUT2D eigenvalue weighted by Crippen LogP contribution is 2.28. The summed E-state index contributed by atoms with van der Waals surface area (Å²) in [5, 5.41) is 12.3. The minimum absolute atomic E-state index is 0.0276. The Labute approximate surface area is 174 Å². The average Bonchev–Trinajstić information content (AvgIpc) is 2.73. The lowest BCUT2D eigenvalue weighted by Crippen LogP contribution is -2.43. The van der Waals surface area contributed by atoms with Crippen molar-refractivity contribution in [1.29, 1.82) is 5.26 Å². The summed E-state index contributed by atoms with van der Waals surface area (Å²) in [6.07, 6.45) is 4.07. The van der Waals surface area contributed by atoms with Gasteiger partial charge in [0.05, 0.1) is 11.6 Å². The number of amides is 1. The summed E-state index contributed by atoms with van der Waals surface area (Å²) in [5.74, 6) is 0.499. The third kappa shape index (κ3) is 4.98. The van der Waals surface area contributed by atoms with E-state index in [9.17, 15) is 4.79 Å². The molecule has 4 heteroatoms. The topological polar surface area (TPSA) is 56.1 Å². The van der Waals surface area contributed by atoms with Gasteiger partial charge in [0.25, 0.3) is 5.91 Å². The van der Waals surface area contributed by atoms with Gasteiger partial charge in [-0.1, -0.05) is 26.0 Å². The summed E-state index contributed by atoms with van der Waals surface area (Å²) in [5.41, 5.74) is 4.89. The van der Waals surface area contributed by atoms with Gasteiger partial charge >= 0.3 is 0 Å². The zero-order chi connectivity index (χ0) is 21.0. The van der Waals surface area contributed by atoms with Crippen molar-refractivity contribution in [2.24, 2.45) is 0 Å². The standard InChI is InChI=1S/C25H31N3O/c1-17(2)19-5-7-20(8-6-19)25(29)27-22-10-13-23(14-11-22)28(4)24-12-9-21(16-26)18(3)15-24/h5-9,12,15,17,22-23H,10-11,13-14H2,1-4H3,(H,27,29). The summed E-state index contributed by atoms with van der Waals surface area (Å²) < 4.78 is 0. The molecule has 0 heterocycles. The van der Waals surface area contributed by atoms with Crippen molar-refractivity contribution in [3.05, 3.63) is 64.7 Å². The van der Waals surface area contributed by atoms with Crippen molar-refractivity contribution >= 4 is 11.6 Å². The molecule has 4 nitrogen and oxygen atoms in total. The molecule has 0 bridgehead atoms. The monoisotopic (exact) mass is 389 g/mol. The molecule has 0 aromatic heterocycles. The van der Waals surface area contributed by atoms with Crippen LogP contribution in [0, 0.1) is 18.3 Å². The van der Waals surface area contributed by atoms with Crippen LogP contribution in [0.2, 0.25) is 0 Å². The lowest BCUT2D eigenvalue weighted by atomic mass is 9.89. The molecule has 0 spiro atoms. The lowest BCUT2D eigenvalue weighted by molar-refractivity contribution is 0.0926. The Morgan fingerprint density at radius 1 is 1.10 bits per heavy atom. The third-order valence-electron chi connectivity index (χ3n) is 6.16. The fourth-order valence-electron chi connectivity index (χ4n) is 4.10. The van der Waals surface area contributed by atoms with Gasteiger partial charge in [0.15, 0.2) is 0 Å². The molecular formula is C25H31N3O. The van der Waals surface area contributed by atoms with Crippen LogP contribution in [0.15, 0.2) is 42.5 Å². The van der Waals surface area contributed by atoms with Gasteiger partial charge in [0.2, 0.25) is 0 Å². The van der Waals surface area contributed by atoms with Crippen molar-refractivity contribution in [1.82, 2.24) is 5.32 Å². The predicted molar refractivity (Wildman–Crippen MR) is 118 cm³/mol. The minimum atomic E-state index is 0.0276. The van der Waals surface area contributed by atoms with Gasteiger partial charge < -0.3 is 10.2 Å². The van der Waals surface area contributed by atoms with Crippen LogP contribution >= 0.6 is 0 Å². The van der Waals surface area contributed by atoms with E-state index >= 15 is 0 Å². The number of anilines is 1. The molecule has 1 fully saturated rings. The van der Waals surface area contributed by atoms with E-state index in [4.69, 9.17) is 5.26 Å². The maximum absolute atomic E-state index is 12.6. The summed E-state index contributed by atoms with van der Waals surface area (Å²) in [7, 11) is 2.13. The second-order valence-corrected chi connectivity index (χ2v) is 8.48. The number of carbonyl (C=O) groups is 1. The highest BCUT2D eigenvalue weighted by molar-refractivity contribution is 5.94. The molecule has 0 atom stereocenters. The Morgan fingerprint density at radius 2 is 1.76 bits per heavy atom. The van der Waals surface area contributed by atoms with Gasteiger partial charge in [0, 0.05) is 30.4 Å². The first-order valence-corrected chi connectivity index (χ1v) is 10.5. The second-order valence-electron chi connectivity index (χ2n) is 8.48. The van der Waals surface area contributed by atoms with Gasteiger partial charge in [-0.3, -0.25) is 4.79 Å². The highest BCUT2D eigenvalue weighted by Gasteiger charge is 2.25. The maximum Gasteiger partial charge on any atom is 0.251 e. The van der Waals surface area contributed by atoms with Crippen LogP contribution in [-0.2, 0) is 0 Å². The summed E-state index contributed by atoms with van der Waals surface area (Å²) in [6, 6.07) is 16.9. The quantitative estimate of drug-likeness (QED) is 0.768. The first-order valence-electron chi connectivity index (χ1n) is 10.5. The van der Waals surface area contributed by atoms with Crippen LogP contribution in [0.3, 0.4) is 0 Å². The van der Waals surface area contributed by atoms with Crippen LogP contribution in [-0.4, -0.2) is 25.0 Å². The van der Waals surface area contributed by atoms with Crippen LogP contribution in [0.1, 0.15) is 72.5 Å². The molecule has 0 unspecified atom stereocenters. The maximum atomic E-state index is 12.6. The average molecular weight is 390 g/mol. The van der Waals surface area contributed by atoms with Crippen LogP contribution in [0.4, 0.5) is 5.69 Å².